The Hall–Kier alpha value is -2.37. The van der Waals surface area contributed by atoms with Crippen molar-refractivity contribution in [3.8, 4) is 0 Å². The molecule has 2 saturated heterocycles. The SMILES string of the molecule is Cc1ccc(CN2C(=O)C3CCCNC3N(Cc3ccc(Cl)cc3)C2=O)cc1. The molecule has 2 aliphatic rings. The van der Waals surface area contributed by atoms with Crippen LogP contribution in [-0.4, -0.2) is 34.4 Å². The molecular weight excluding hydrogens is 374 g/mol. The molecule has 2 unspecified atom stereocenters. The Labute approximate surface area is 170 Å². The van der Waals surface area contributed by atoms with Crippen molar-refractivity contribution < 1.29 is 9.59 Å². The highest BCUT2D eigenvalue weighted by Crippen LogP contribution is 2.30. The fourth-order valence-electron chi connectivity index (χ4n) is 4.00. The number of hydrogen-bond donors (Lipinski definition) is 1. The van der Waals surface area contributed by atoms with Crippen molar-refractivity contribution in [1.82, 2.24) is 15.1 Å². The number of carbonyl (C=O) groups excluding carboxylic acids is 2. The van der Waals surface area contributed by atoms with Crippen molar-refractivity contribution in [3.05, 3.63) is 70.2 Å². The Morgan fingerprint density at radius 3 is 2.36 bits per heavy atom. The standard InChI is InChI=1S/C22H24ClN3O2/c1-15-4-6-16(7-5-15)14-26-21(27)19-3-2-12-24-20(19)25(22(26)28)13-17-8-10-18(23)11-9-17/h4-11,19-20,24H,2-3,12-14H2,1H3. The van der Waals surface area contributed by atoms with Crippen molar-refractivity contribution in [3.63, 3.8) is 0 Å². The summed E-state index contributed by atoms with van der Waals surface area (Å²) in [5, 5.41) is 4.05. The zero-order valence-electron chi connectivity index (χ0n) is 15.9. The third-order valence-electron chi connectivity index (χ3n) is 5.55. The van der Waals surface area contributed by atoms with Crippen molar-refractivity contribution in [1.29, 1.82) is 0 Å². The van der Waals surface area contributed by atoms with Gasteiger partial charge in [0, 0.05) is 11.6 Å². The molecule has 1 N–H and O–H groups in total. The first-order valence-electron chi connectivity index (χ1n) is 9.68. The summed E-state index contributed by atoms with van der Waals surface area (Å²) >= 11 is 5.99. The first-order chi connectivity index (χ1) is 13.5. The van der Waals surface area contributed by atoms with Gasteiger partial charge in [0.15, 0.2) is 0 Å². The fourth-order valence-corrected chi connectivity index (χ4v) is 4.13. The van der Waals surface area contributed by atoms with Crippen molar-refractivity contribution in [2.75, 3.05) is 6.54 Å². The van der Waals surface area contributed by atoms with Crippen LogP contribution in [0.15, 0.2) is 48.5 Å². The Bertz CT molecular complexity index is 866. The van der Waals surface area contributed by atoms with E-state index >= 15 is 0 Å². The molecule has 2 aromatic rings. The van der Waals surface area contributed by atoms with E-state index in [1.807, 2.05) is 55.5 Å². The second kappa shape index (κ2) is 7.94. The third-order valence-corrected chi connectivity index (χ3v) is 5.80. The van der Waals surface area contributed by atoms with E-state index in [9.17, 15) is 9.59 Å². The summed E-state index contributed by atoms with van der Waals surface area (Å²) in [4.78, 5) is 29.6. The van der Waals surface area contributed by atoms with E-state index in [1.54, 1.807) is 4.90 Å². The molecule has 0 aliphatic carbocycles. The number of fused-ring (bicyclic) bond motifs is 1. The zero-order valence-corrected chi connectivity index (χ0v) is 16.7. The number of piperidine rings is 1. The smallest absolute Gasteiger partial charge is 0.304 e. The lowest BCUT2D eigenvalue weighted by atomic mass is 9.91. The summed E-state index contributed by atoms with van der Waals surface area (Å²) in [6.45, 7) is 3.59. The van der Waals surface area contributed by atoms with Gasteiger partial charge in [-0.05, 0) is 49.6 Å². The van der Waals surface area contributed by atoms with Crippen LogP contribution in [0.5, 0.6) is 0 Å². The largest absolute Gasteiger partial charge is 0.328 e. The van der Waals surface area contributed by atoms with Gasteiger partial charge in [-0.1, -0.05) is 53.6 Å². The fraction of sp³-hybridized carbons (Fsp3) is 0.364. The average molecular weight is 398 g/mol. The quantitative estimate of drug-likeness (QED) is 0.850. The maximum absolute atomic E-state index is 13.3. The lowest BCUT2D eigenvalue weighted by Crippen LogP contribution is -2.66. The van der Waals surface area contributed by atoms with E-state index in [1.165, 1.54) is 4.90 Å². The first-order valence-corrected chi connectivity index (χ1v) is 10.1. The highest BCUT2D eigenvalue weighted by atomic mass is 35.5. The molecule has 2 atom stereocenters. The summed E-state index contributed by atoms with van der Waals surface area (Å²) in [5.74, 6) is -0.278. The van der Waals surface area contributed by atoms with Gasteiger partial charge in [0.2, 0.25) is 5.91 Å². The van der Waals surface area contributed by atoms with Gasteiger partial charge in [0.25, 0.3) is 0 Å². The van der Waals surface area contributed by atoms with Gasteiger partial charge in [0.05, 0.1) is 18.6 Å². The second-order valence-corrected chi connectivity index (χ2v) is 8.03. The number of imide groups is 1. The first kappa shape index (κ1) is 19.0. The molecule has 146 valence electrons. The molecule has 4 rings (SSSR count). The van der Waals surface area contributed by atoms with Gasteiger partial charge in [-0.3, -0.25) is 15.0 Å². The average Bonchev–Trinajstić information content (AvgIpc) is 2.71. The van der Waals surface area contributed by atoms with Gasteiger partial charge in [-0.2, -0.15) is 0 Å². The molecule has 0 bridgehead atoms. The monoisotopic (exact) mass is 397 g/mol. The Balaban J connectivity index is 1.61. The summed E-state index contributed by atoms with van der Waals surface area (Å²) in [6, 6.07) is 15.2. The zero-order chi connectivity index (χ0) is 19.7. The molecule has 0 aromatic heterocycles. The van der Waals surface area contributed by atoms with Crippen LogP contribution in [0.25, 0.3) is 0 Å². The minimum Gasteiger partial charge on any atom is -0.304 e. The van der Waals surface area contributed by atoms with Crippen molar-refractivity contribution in [2.24, 2.45) is 5.92 Å². The molecule has 2 fully saturated rings. The molecule has 2 heterocycles. The molecule has 0 spiro atoms. The van der Waals surface area contributed by atoms with Crippen LogP contribution in [0.3, 0.4) is 0 Å². The molecule has 28 heavy (non-hydrogen) atoms. The molecule has 0 saturated carbocycles. The van der Waals surface area contributed by atoms with E-state index in [-0.39, 0.29) is 24.0 Å². The summed E-state index contributed by atoms with van der Waals surface area (Å²) in [6.07, 6.45) is 1.48. The molecule has 5 nitrogen and oxygen atoms in total. The van der Waals surface area contributed by atoms with Crippen LogP contribution < -0.4 is 5.32 Å². The number of hydrogen-bond acceptors (Lipinski definition) is 3. The Morgan fingerprint density at radius 1 is 1.00 bits per heavy atom. The Morgan fingerprint density at radius 2 is 1.64 bits per heavy atom. The van der Waals surface area contributed by atoms with Gasteiger partial charge in [-0.15, -0.1) is 0 Å². The number of urea groups is 1. The normalized spacial score (nSPS) is 22.4. The third kappa shape index (κ3) is 3.77. The number of benzene rings is 2. The van der Waals surface area contributed by atoms with E-state index in [2.05, 4.69) is 5.32 Å². The minimum absolute atomic E-state index is 0.0740. The summed E-state index contributed by atoms with van der Waals surface area (Å²) < 4.78 is 0. The second-order valence-electron chi connectivity index (χ2n) is 7.59. The van der Waals surface area contributed by atoms with E-state index in [0.29, 0.717) is 18.1 Å². The number of nitrogens with zero attached hydrogens (tertiary/aromatic N) is 2. The lowest BCUT2D eigenvalue weighted by Gasteiger charge is -2.47. The van der Waals surface area contributed by atoms with Crippen LogP contribution in [-0.2, 0) is 17.9 Å². The molecule has 0 radical (unpaired) electrons. The highest BCUT2D eigenvalue weighted by Gasteiger charge is 2.46. The van der Waals surface area contributed by atoms with E-state index in [4.69, 9.17) is 11.6 Å². The summed E-state index contributed by atoms with van der Waals surface area (Å²) in [7, 11) is 0. The summed E-state index contributed by atoms with van der Waals surface area (Å²) in [5.41, 5.74) is 3.11. The van der Waals surface area contributed by atoms with Gasteiger partial charge in [0.1, 0.15) is 0 Å². The lowest BCUT2D eigenvalue weighted by molar-refractivity contribution is -0.142. The van der Waals surface area contributed by atoms with E-state index < -0.39 is 0 Å². The van der Waals surface area contributed by atoms with Crippen LogP contribution in [0.2, 0.25) is 5.02 Å². The highest BCUT2D eigenvalue weighted by molar-refractivity contribution is 6.30. The molecular formula is C22H24ClN3O2. The molecule has 3 amide bonds. The maximum Gasteiger partial charge on any atom is 0.328 e. The molecule has 2 aromatic carbocycles. The predicted molar refractivity (Wildman–Crippen MR) is 109 cm³/mol. The molecule has 6 heteroatoms. The van der Waals surface area contributed by atoms with Crippen LogP contribution in [0.4, 0.5) is 4.79 Å². The van der Waals surface area contributed by atoms with Crippen LogP contribution in [0.1, 0.15) is 29.5 Å². The van der Waals surface area contributed by atoms with Gasteiger partial charge in [-0.25, -0.2) is 4.79 Å². The number of amides is 3. The van der Waals surface area contributed by atoms with Crippen molar-refractivity contribution >= 4 is 23.5 Å². The molecule has 2 aliphatic heterocycles. The number of rotatable bonds is 4. The van der Waals surface area contributed by atoms with Crippen molar-refractivity contribution in [2.45, 2.75) is 39.0 Å². The van der Waals surface area contributed by atoms with Crippen LogP contribution in [0, 0.1) is 12.8 Å². The number of nitrogens with one attached hydrogen (secondary N) is 1. The maximum atomic E-state index is 13.3. The van der Waals surface area contributed by atoms with Gasteiger partial charge < -0.3 is 4.90 Å². The van der Waals surface area contributed by atoms with Gasteiger partial charge >= 0.3 is 6.03 Å². The minimum atomic E-state index is -0.251. The van der Waals surface area contributed by atoms with E-state index in [0.717, 1.165) is 36.1 Å². The number of aryl methyl sites for hydroxylation is 1. The topological polar surface area (TPSA) is 52.7 Å². The predicted octanol–water partition coefficient (Wildman–Crippen LogP) is 3.94. The number of halogens is 1. The Kier molecular flexibility index (Phi) is 5.38. The van der Waals surface area contributed by atoms with Crippen LogP contribution >= 0.6 is 11.6 Å². The number of carbonyl (C=O) groups is 2.